The first-order valence-corrected chi connectivity index (χ1v) is 4.45. The molecular weight excluding hydrogens is 180 g/mol. The molecule has 0 unspecified atom stereocenters. The van der Waals surface area contributed by atoms with Crippen LogP contribution in [0.1, 0.15) is 5.56 Å². The molecule has 76 valence electrons. The monoisotopic (exact) mass is 194 g/mol. The van der Waals surface area contributed by atoms with Crippen LogP contribution in [0.4, 0.5) is 5.69 Å². The summed E-state index contributed by atoms with van der Waals surface area (Å²) in [5.74, 6) is -0.831. The largest absolute Gasteiger partial charge is 0.480 e. The van der Waals surface area contributed by atoms with Gasteiger partial charge in [-0.25, -0.2) is 0 Å². The van der Waals surface area contributed by atoms with Crippen molar-refractivity contribution in [1.29, 1.82) is 0 Å². The summed E-state index contributed by atoms with van der Waals surface area (Å²) in [6, 6.07) is 7.56. The molecule has 0 saturated heterocycles. The Kier molecular flexibility index (Phi) is 3.94. The predicted molar refractivity (Wildman–Crippen MR) is 55.1 cm³/mol. The second-order valence-electron chi connectivity index (χ2n) is 3.06. The van der Waals surface area contributed by atoms with Crippen LogP contribution < -0.4 is 11.1 Å². The molecule has 1 aromatic rings. The molecule has 1 rings (SSSR count). The number of anilines is 1. The van der Waals surface area contributed by atoms with Crippen molar-refractivity contribution >= 4 is 11.7 Å². The van der Waals surface area contributed by atoms with Crippen molar-refractivity contribution in [3.05, 3.63) is 29.8 Å². The fraction of sp³-hybridized carbons (Fsp3) is 0.300. The Morgan fingerprint density at radius 2 is 2.00 bits per heavy atom. The molecule has 0 atom stereocenters. The van der Waals surface area contributed by atoms with Gasteiger partial charge in [-0.05, 0) is 30.7 Å². The van der Waals surface area contributed by atoms with E-state index in [4.69, 9.17) is 10.8 Å². The van der Waals surface area contributed by atoms with Gasteiger partial charge in [-0.1, -0.05) is 12.1 Å². The molecular formula is C10H14N2O2. The molecule has 4 heteroatoms. The number of carbonyl (C=O) groups is 1. The Balaban J connectivity index is 2.25. The van der Waals surface area contributed by atoms with E-state index in [2.05, 4.69) is 5.32 Å². The van der Waals surface area contributed by atoms with Gasteiger partial charge < -0.3 is 16.2 Å². The normalized spacial score (nSPS) is 10.0. The first kappa shape index (κ1) is 10.5. The van der Waals surface area contributed by atoms with E-state index < -0.39 is 5.97 Å². The zero-order chi connectivity index (χ0) is 10.4. The molecule has 0 aliphatic heterocycles. The molecule has 4 N–H and O–H groups in total. The van der Waals surface area contributed by atoms with Crippen LogP contribution in [0, 0.1) is 0 Å². The van der Waals surface area contributed by atoms with Crippen LogP contribution in [0.5, 0.6) is 0 Å². The van der Waals surface area contributed by atoms with Crippen molar-refractivity contribution in [2.45, 2.75) is 6.42 Å². The number of nitrogens with one attached hydrogen (secondary N) is 1. The van der Waals surface area contributed by atoms with Crippen molar-refractivity contribution in [1.82, 2.24) is 5.32 Å². The number of benzene rings is 1. The van der Waals surface area contributed by atoms with Gasteiger partial charge in [0, 0.05) is 5.69 Å². The lowest BCUT2D eigenvalue weighted by Gasteiger charge is -2.02. The Morgan fingerprint density at radius 3 is 2.57 bits per heavy atom. The van der Waals surface area contributed by atoms with Crippen LogP contribution >= 0.6 is 0 Å². The van der Waals surface area contributed by atoms with Crippen molar-refractivity contribution < 1.29 is 9.90 Å². The second-order valence-corrected chi connectivity index (χ2v) is 3.06. The van der Waals surface area contributed by atoms with Crippen molar-refractivity contribution in [2.75, 3.05) is 18.8 Å². The van der Waals surface area contributed by atoms with E-state index >= 15 is 0 Å². The third-order valence-electron chi connectivity index (χ3n) is 1.85. The molecule has 0 aromatic heterocycles. The Hall–Kier alpha value is -1.55. The minimum atomic E-state index is -0.831. The van der Waals surface area contributed by atoms with Gasteiger partial charge in [0.25, 0.3) is 0 Å². The van der Waals surface area contributed by atoms with E-state index in [1.54, 1.807) is 0 Å². The fourth-order valence-corrected chi connectivity index (χ4v) is 1.11. The summed E-state index contributed by atoms with van der Waals surface area (Å²) < 4.78 is 0. The van der Waals surface area contributed by atoms with Crippen LogP contribution in [-0.2, 0) is 11.2 Å². The van der Waals surface area contributed by atoms with Crippen LogP contribution in [0.3, 0.4) is 0 Å². The second kappa shape index (κ2) is 5.24. The smallest absolute Gasteiger partial charge is 0.317 e. The van der Waals surface area contributed by atoms with Crippen molar-refractivity contribution in [3.63, 3.8) is 0 Å². The Labute approximate surface area is 82.7 Å². The van der Waals surface area contributed by atoms with E-state index in [-0.39, 0.29) is 6.54 Å². The molecule has 0 bridgehead atoms. The highest BCUT2D eigenvalue weighted by Gasteiger charge is 1.95. The van der Waals surface area contributed by atoms with Gasteiger partial charge >= 0.3 is 5.97 Å². The molecule has 0 heterocycles. The Bertz CT molecular complexity index is 295. The van der Waals surface area contributed by atoms with Gasteiger partial charge in [-0.15, -0.1) is 0 Å². The first-order valence-electron chi connectivity index (χ1n) is 4.45. The molecule has 0 saturated carbocycles. The van der Waals surface area contributed by atoms with E-state index in [9.17, 15) is 4.79 Å². The molecule has 0 aliphatic carbocycles. The lowest BCUT2D eigenvalue weighted by atomic mass is 10.1. The van der Waals surface area contributed by atoms with E-state index in [1.165, 1.54) is 0 Å². The summed E-state index contributed by atoms with van der Waals surface area (Å²) in [6.07, 6.45) is 0.813. The molecule has 0 fully saturated rings. The minimum absolute atomic E-state index is 0.00890. The molecule has 4 nitrogen and oxygen atoms in total. The van der Waals surface area contributed by atoms with Crippen LogP contribution in [0.25, 0.3) is 0 Å². The number of carboxylic acids is 1. The highest BCUT2D eigenvalue weighted by atomic mass is 16.4. The van der Waals surface area contributed by atoms with Gasteiger partial charge in [0.2, 0.25) is 0 Å². The number of rotatable bonds is 5. The average Bonchev–Trinajstić information content (AvgIpc) is 2.15. The van der Waals surface area contributed by atoms with Gasteiger partial charge in [-0.2, -0.15) is 0 Å². The van der Waals surface area contributed by atoms with E-state index in [0.717, 1.165) is 17.7 Å². The summed E-state index contributed by atoms with van der Waals surface area (Å²) in [7, 11) is 0. The lowest BCUT2D eigenvalue weighted by molar-refractivity contribution is -0.135. The summed E-state index contributed by atoms with van der Waals surface area (Å²) >= 11 is 0. The molecule has 14 heavy (non-hydrogen) atoms. The predicted octanol–water partition coefficient (Wildman–Crippen LogP) is 0.485. The highest BCUT2D eigenvalue weighted by Crippen LogP contribution is 2.05. The maximum Gasteiger partial charge on any atom is 0.317 e. The zero-order valence-corrected chi connectivity index (χ0v) is 7.86. The molecule has 0 radical (unpaired) electrons. The number of hydrogen-bond donors (Lipinski definition) is 3. The summed E-state index contributed by atoms with van der Waals surface area (Å²) in [6.45, 7) is 0.672. The first-order chi connectivity index (χ1) is 6.68. The molecule has 1 aromatic carbocycles. The molecule has 0 amide bonds. The number of nitrogen functional groups attached to an aromatic ring is 1. The zero-order valence-electron chi connectivity index (χ0n) is 7.86. The maximum absolute atomic E-state index is 10.2. The minimum Gasteiger partial charge on any atom is -0.480 e. The summed E-state index contributed by atoms with van der Waals surface area (Å²) in [5.41, 5.74) is 7.42. The third kappa shape index (κ3) is 3.91. The fourth-order valence-electron chi connectivity index (χ4n) is 1.11. The quantitative estimate of drug-likeness (QED) is 0.471. The SMILES string of the molecule is Nc1ccc(CCNCC(=O)O)cc1. The van der Waals surface area contributed by atoms with E-state index in [1.807, 2.05) is 24.3 Å². The van der Waals surface area contributed by atoms with Crippen LogP contribution in [-0.4, -0.2) is 24.2 Å². The number of hydrogen-bond acceptors (Lipinski definition) is 3. The summed E-state index contributed by atoms with van der Waals surface area (Å²) in [4.78, 5) is 10.2. The molecule has 0 spiro atoms. The lowest BCUT2D eigenvalue weighted by Crippen LogP contribution is -2.24. The maximum atomic E-state index is 10.2. The van der Waals surface area contributed by atoms with Crippen LogP contribution in [0.15, 0.2) is 24.3 Å². The summed E-state index contributed by atoms with van der Waals surface area (Å²) in [5, 5.41) is 11.2. The topological polar surface area (TPSA) is 75.3 Å². The van der Waals surface area contributed by atoms with Crippen LogP contribution in [0.2, 0.25) is 0 Å². The average molecular weight is 194 g/mol. The Morgan fingerprint density at radius 1 is 1.36 bits per heavy atom. The number of nitrogens with two attached hydrogens (primary N) is 1. The van der Waals surface area contributed by atoms with Gasteiger partial charge in [0.15, 0.2) is 0 Å². The molecule has 0 aliphatic rings. The number of carboxylic acid groups (broad SMARTS) is 1. The van der Waals surface area contributed by atoms with Gasteiger partial charge in [-0.3, -0.25) is 4.79 Å². The third-order valence-corrected chi connectivity index (χ3v) is 1.85. The van der Waals surface area contributed by atoms with E-state index in [0.29, 0.717) is 6.54 Å². The van der Waals surface area contributed by atoms with Crippen molar-refractivity contribution in [2.24, 2.45) is 0 Å². The highest BCUT2D eigenvalue weighted by molar-refractivity contribution is 5.68. The van der Waals surface area contributed by atoms with Gasteiger partial charge in [0.1, 0.15) is 0 Å². The van der Waals surface area contributed by atoms with Gasteiger partial charge in [0.05, 0.1) is 6.54 Å². The number of aliphatic carboxylic acids is 1. The standard InChI is InChI=1S/C10H14N2O2/c11-9-3-1-8(2-4-9)5-6-12-7-10(13)14/h1-4,12H,5-7,11H2,(H,13,14). The van der Waals surface area contributed by atoms with Crippen molar-refractivity contribution in [3.8, 4) is 0 Å².